The lowest BCUT2D eigenvalue weighted by Crippen LogP contribution is -2.04. The molecule has 0 heteroatoms. The van der Waals surface area contributed by atoms with Gasteiger partial charge in [-0.2, -0.15) is 0 Å². The first kappa shape index (κ1) is 39.4. The fourth-order valence-corrected chi connectivity index (χ4v) is 9.46. The predicted octanol–water partition coefficient (Wildman–Crippen LogP) is 17.5. The summed E-state index contributed by atoms with van der Waals surface area (Å²) >= 11 is 0. The smallest absolute Gasteiger partial charge is 0.000139 e. The first-order valence-electron chi connectivity index (χ1n) is 21.6. The molecule has 0 atom stereocenters. The molecule has 0 saturated heterocycles. The normalized spacial score (nSPS) is 12.1. The first-order valence-corrected chi connectivity index (χ1v) is 21.6. The van der Waals surface area contributed by atoms with E-state index in [-0.39, 0.29) is 0 Å². The zero-order valence-corrected chi connectivity index (χ0v) is 36.9. The van der Waals surface area contributed by atoms with Gasteiger partial charge in [0, 0.05) is 0 Å². The summed E-state index contributed by atoms with van der Waals surface area (Å²) < 4.78 is 0. The molecule has 0 unspecified atom stereocenters. The van der Waals surface area contributed by atoms with Crippen molar-refractivity contribution in [3.63, 3.8) is 0 Å². The van der Waals surface area contributed by atoms with E-state index in [0.717, 1.165) is 0 Å². The molecule has 0 nitrogen and oxygen atoms in total. The quantitative estimate of drug-likeness (QED) is 0.135. The summed E-state index contributed by atoms with van der Waals surface area (Å²) in [5, 5.41) is 7.96. The number of hydrogen-bond acceptors (Lipinski definition) is 0. The minimum atomic E-state index is 0.380. The first-order chi connectivity index (χ1) is 27.7. The molecule has 58 heavy (non-hydrogen) atoms. The fraction of sp³-hybridized carbons (Fsp3) is 0.276. The van der Waals surface area contributed by atoms with Crippen LogP contribution in [0.25, 0.3) is 76.8 Å². The topological polar surface area (TPSA) is 0 Å². The molecule has 0 aliphatic rings. The molecule has 0 aromatic heterocycles. The van der Waals surface area contributed by atoms with Crippen molar-refractivity contribution in [1.29, 1.82) is 0 Å². The Morgan fingerprint density at radius 2 is 0.431 bits per heavy atom. The molecule has 292 valence electrons. The van der Waals surface area contributed by atoms with Gasteiger partial charge in [0.25, 0.3) is 0 Å². The van der Waals surface area contributed by atoms with Gasteiger partial charge in [0.05, 0.1) is 0 Å². The van der Waals surface area contributed by atoms with Gasteiger partial charge < -0.3 is 0 Å². The standard InChI is InChI=1S/C58H60/c1-33(2)45-29-49-50(30-46(45)34(3)4)54(42-23-15-38(10)16-24-42)58-56(44-27-19-40(12)20-28-44)52-32-48(36(7)8)47(35(5)6)31-51(52)55(43-25-17-39(11)18-26-43)57(58)53(49)41-21-13-37(9)14-22-41/h13-36H,1-12H3. The van der Waals surface area contributed by atoms with Crippen LogP contribution >= 0.6 is 0 Å². The van der Waals surface area contributed by atoms with Crippen LogP contribution in [0.2, 0.25) is 0 Å². The maximum Gasteiger partial charge on any atom is -0.000139 e. The molecule has 8 rings (SSSR count). The van der Waals surface area contributed by atoms with E-state index in [1.165, 1.54) is 121 Å². The highest BCUT2D eigenvalue weighted by Crippen LogP contribution is 2.55. The van der Waals surface area contributed by atoms with Crippen LogP contribution in [0.4, 0.5) is 0 Å². The van der Waals surface area contributed by atoms with E-state index in [4.69, 9.17) is 0 Å². The van der Waals surface area contributed by atoms with E-state index in [9.17, 15) is 0 Å². The number of aryl methyl sites for hydroxylation is 4. The maximum absolute atomic E-state index is 2.58. The molecule has 0 aliphatic heterocycles. The van der Waals surface area contributed by atoms with Gasteiger partial charge in [0.1, 0.15) is 0 Å². The molecule has 0 aliphatic carbocycles. The second-order valence-electron chi connectivity index (χ2n) is 18.4. The molecule has 0 amide bonds. The van der Waals surface area contributed by atoms with Gasteiger partial charge in [-0.15, -0.1) is 0 Å². The molecule has 8 aromatic rings. The van der Waals surface area contributed by atoms with Crippen molar-refractivity contribution >= 4 is 32.3 Å². The third-order valence-corrected chi connectivity index (χ3v) is 12.6. The Balaban J connectivity index is 1.82. The van der Waals surface area contributed by atoms with Crippen molar-refractivity contribution in [1.82, 2.24) is 0 Å². The summed E-state index contributed by atoms with van der Waals surface area (Å²) in [7, 11) is 0. The molecule has 0 saturated carbocycles. The molecular weight excluding hydrogens is 697 g/mol. The largest absolute Gasteiger partial charge is 0.0587 e. The Kier molecular flexibility index (Phi) is 10.4. The predicted molar refractivity (Wildman–Crippen MR) is 256 cm³/mol. The average molecular weight is 757 g/mol. The number of fused-ring (bicyclic) bond motifs is 3. The highest BCUT2D eigenvalue weighted by Gasteiger charge is 2.28. The number of hydrogen-bond donors (Lipinski definition) is 0. The Morgan fingerprint density at radius 1 is 0.259 bits per heavy atom. The summed E-state index contributed by atoms with van der Waals surface area (Å²) in [6.45, 7) is 27.7. The number of benzene rings is 8. The van der Waals surface area contributed by atoms with Gasteiger partial charge in [-0.3, -0.25) is 0 Å². The summed E-state index contributed by atoms with van der Waals surface area (Å²) in [6, 6.07) is 47.7. The van der Waals surface area contributed by atoms with Gasteiger partial charge in [0.2, 0.25) is 0 Å². The van der Waals surface area contributed by atoms with Crippen molar-refractivity contribution in [2.75, 3.05) is 0 Å². The van der Waals surface area contributed by atoms with E-state index >= 15 is 0 Å². The molecule has 0 fully saturated rings. The Morgan fingerprint density at radius 3 is 0.586 bits per heavy atom. The monoisotopic (exact) mass is 756 g/mol. The van der Waals surface area contributed by atoms with Crippen LogP contribution in [0.3, 0.4) is 0 Å². The Bertz CT molecular complexity index is 2410. The second kappa shape index (κ2) is 15.4. The summed E-state index contributed by atoms with van der Waals surface area (Å²) in [6.07, 6.45) is 0. The lowest BCUT2D eigenvalue weighted by Gasteiger charge is -2.28. The van der Waals surface area contributed by atoms with Crippen molar-refractivity contribution in [3.05, 3.63) is 166 Å². The Labute approximate surface area is 348 Å². The molecule has 8 aromatic carbocycles. The zero-order valence-electron chi connectivity index (χ0n) is 36.9. The number of rotatable bonds is 8. The second-order valence-corrected chi connectivity index (χ2v) is 18.4. The van der Waals surface area contributed by atoms with Crippen LogP contribution in [0.1, 0.15) is 124 Å². The fourth-order valence-electron chi connectivity index (χ4n) is 9.46. The van der Waals surface area contributed by atoms with Crippen molar-refractivity contribution < 1.29 is 0 Å². The molecule has 0 heterocycles. The maximum atomic E-state index is 2.58. The van der Waals surface area contributed by atoms with Crippen LogP contribution in [0.5, 0.6) is 0 Å². The molecular formula is C58H60. The lowest BCUT2D eigenvalue weighted by molar-refractivity contribution is 0.793. The van der Waals surface area contributed by atoms with E-state index in [1.54, 1.807) is 0 Å². The van der Waals surface area contributed by atoms with Crippen LogP contribution in [0.15, 0.2) is 121 Å². The van der Waals surface area contributed by atoms with Crippen LogP contribution in [-0.2, 0) is 0 Å². The van der Waals surface area contributed by atoms with Gasteiger partial charge >= 0.3 is 0 Å². The minimum absolute atomic E-state index is 0.380. The van der Waals surface area contributed by atoms with Crippen molar-refractivity contribution in [3.8, 4) is 44.5 Å². The van der Waals surface area contributed by atoms with Crippen LogP contribution in [0, 0.1) is 27.7 Å². The average Bonchev–Trinajstić information content (AvgIpc) is 3.19. The highest BCUT2D eigenvalue weighted by atomic mass is 14.3. The van der Waals surface area contributed by atoms with Crippen molar-refractivity contribution in [2.24, 2.45) is 0 Å². The highest BCUT2D eigenvalue weighted by molar-refractivity contribution is 6.34. The minimum Gasteiger partial charge on any atom is -0.0587 e. The van der Waals surface area contributed by atoms with Crippen LogP contribution in [-0.4, -0.2) is 0 Å². The third kappa shape index (κ3) is 6.85. The lowest BCUT2D eigenvalue weighted by atomic mass is 9.75. The van der Waals surface area contributed by atoms with Crippen LogP contribution < -0.4 is 0 Å². The van der Waals surface area contributed by atoms with E-state index < -0.39 is 0 Å². The van der Waals surface area contributed by atoms with E-state index in [1.807, 2.05) is 0 Å². The van der Waals surface area contributed by atoms with E-state index in [2.05, 4.69) is 204 Å². The summed E-state index contributed by atoms with van der Waals surface area (Å²) in [5.41, 5.74) is 21.1. The molecule has 0 spiro atoms. The van der Waals surface area contributed by atoms with Gasteiger partial charge in [-0.25, -0.2) is 0 Å². The third-order valence-electron chi connectivity index (χ3n) is 12.6. The van der Waals surface area contributed by atoms with Crippen molar-refractivity contribution in [2.45, 2.75) is 107 Å². The summed E-state index contributed by atoms with van der Waals surface area (Å²) in [5.74, 6) is 1.52. The molecule has 0 radical (unpaired) electrons. The van der Waals surface area contributed by atoms with E-state index in [0.29, 0.717) is 23.7 Å². The Hall–Kier alpha value is -5.46. The van der Waals surface area contributed by atoms with Gasteiger partial charge in [-0.1, -0.05) is 175 Å². The zero-order chi connectivity index (χ0) is 41.2. The van der Waals surface area contributed by atoms with Gasteiger partial charge in [-0.05, 0) is 175 Å². The molecule has 0 N–H and O–H groups in total. The van der Waals surface area contributed by atoms with Gasteiger partial charge in [0.15, 0.2) is 0 Å². The summed E-state index contributed by atoms with van der Waals surface area (Å²) in [4.78, 5) is 0. The SMILES string of the molecule is Cc1ccc(-c2c3cc(C(C)C)c(C(C)C)cc3c(-c3ccc(C)cc3)c3c(-c4ccc(C)cc4)c4cc(C(C)C)c(C(C)C)cc4c(-c4ccc(C)cc4)c23)cc1. The molecule has 0 bridgehead atoms.